The third-order valence-electron chi connectivity index (χ3n) is 1.68. The van der Waals surface area contributed by atoms with Gasteiger partial charge >= 0.3 is 0 Å². The summed E-state index contributed by atoms with van der Waals surface area (Å²) in [6.45, 7) is 1.86. The Balaban J connectivity index is 2.60. The molecule has 76 valence electrons. The number of hydrogen-bond acceptors (Lipinski definition) is 3. The summed E-state index contributed by atoms with van der Waals surface area (Å²) in [5, 5.41) is 3.60. The number of nitrogens with one attached hydrogen (secondary N) is 1. The van der Waals surface area contributed by atoms with E-state index in [-0.39, 0.29) is 18.4 Å². The van der Waals surface area contributed by atoms with Crippen molar-refractivity contribution in [2.24, 2.45) is 5.73 Å². The van der Waals surface area contributed by atoms with Crippen LogP contribution in [0.15, 0.2) is 18.5 Å². The zero-order valence-corrected chi connectivity index (χ0v) is 8.58. The van der Waals surface area contributed by atoms with E-state index in [2.05, 4.69) is 10.3 Å². The van der Waals surface area contributed by atoms with Gasteiger partial charge in [0.05, 0.1) is 10.7 Å². The number of aromatic nitrogens is 1. The molecule has 0 aliphatic rings. The molecule has 0 aliphatic carbocycles. The number of rotatable bonds is 4. The molecular formula is C9H12ClN3O. The molecule has 1 atom stereocenters. The highest BCUT2D eigenvalue weighted by Gasteiger charge is 2.07. The SMILES string of the molecule is CC(CC(N)=O)Nc1ccncc1Cl. The summed E-state index contributed by atoms with van der Waals surface area (Å²) in [4.78, 5) is 14.5. The molecule has 0 saturated carbocycles. The summed E-state index contributed by atoms with van der Waals surface area (Å²) < 4.78 is 0. The minimum absolute atomic E-state index is 0.0348. The molecule has 0 saturated heterocycles. The number of nitrogens with two attached hydrogens (primary N) is 1. The molecule has 1 rings (SSSR count). The van der Waals surface area contributed by atoms with Gasteiger partial charge in [0.2, 0.25) is 5.91 Å². The summed E-state index contributed by atoms with van der Waals surface area (Å²) in [5.74, 6) is -0.338. The van der Waals surface area contributed by atoms with E-state index in [9.17, 15) is 4.79 Å². The van der Waals surface area contributed by atoms with E-state index in [0.717, 1.165) is 5.69 Å². The van der Waals surface area contributed by atoms with E-state index in [4.69, 9.17) is 17.3 Å². The van der Waals surface area contributed by atoms with Crippen molar-refractivity contribution in [3.05, 3.63) is 23.5 Å². The largest absolute Gasteiger partial charge is 0.381 e. The average molecular weight is 214 g/mol. The van der Waals surface area contributed by atoms with E-state index < -0.39 is 0 Å². The monoisotopic (exact) mass is 213 g/mol. The van der Waals surface area contributed by atoms with Crippen molar-refractivity contribution in [1.29, 1.82) is 0 Å². The highest BCUT2D eigenvalue weighted by atomic mass is 35.5. The van der Waals surface area contributed by atoms with Gasteiger partial charge in [-0.25, -0.2) is 0 Å². The third-order valence-corrected chi connectivity index (χ3v) is 1.98. The minimum Gasteiger partial charge on any atom is -0.381 e. The zero-order chi connectivity index (χ0) is 10.6. The van der Waals surface area contributed by atoms with Crippen LogP contribution < -0.4 is 11.1 Å². The Bertz CT molecular complexity index is 330. The fourth-order valence-electron chi connectivity index (χ4n) is 1.11. The number of pyridine rings is 1. The maximum atomic E-state index is 10.6. The molecule has 1 aromatic heterocycles. The predicted molar refractivity (Wildman–Crippen MR) is 56.1 cm³/mol. The minimum atomic E-state index is -0.338. The molecule has 4 nitrogen and oxygen atoms in total. The van der Waals surface area contributed by atoms with E-state index in [1.807, 2.05) is 6.92 Å². The van der Waals surface area contributed by atoms with Gasteiger partial charge in [-0.05, 0) is 13.0 Å². The molecule has 1 heterocycles. The summed E-state index contributed by atoms with van der Waals surface area (Å²) in [6.07, 6.45) is 3.45. The summed E-state index contributed by atoms with van der Waals surface area (Å²) in [7, 11) is 0. The van der Waals surface area contributed by atoms with E-state index in [1.54, 1.807) is 18.5 Å². The van der Waals surface area contributed by atoms with Gasteiger partial charge in [-0.2, -0.15) is 0 Å². The molecule has 1 aromatic rings. The van der Waals surface area contributed by atoms with Crippen molar-refractivity contribution < 1.29 is 4.79 Å². The Labute approximate surface area is 87.5 Å². The molecular weight excluding hydrogens is 202 g/mol. The summed E-state index contributed by atoms with van der Waals surface area (Å²) >= 11 is 5.86. The van der Waals surface area contributed by atoms with Crippen molar-refractivity contribution in [3.63, 3.8) is 0 Å². The first-order valence-electron chi connectivity index (χ1n) is 4.24. The van der Waals surface area contributed by atoms with Crippen molar-refractivity contribution in [3.8, 4) is 0 Å². The Kier molecular flexibility index (Phi) is 3.71. The number of halogens is 1. The molecule has 0 aliphatic heterocycles. The number of anilines is 1. The van der Waals surface area contributed by atoms with Crippen LogP contribution in [0.1, 0.15) is 13.3 Å². The molecule has 1 amide bonds. The van der Waals surface area contributed by atoms with Crippen molar-refractivity contribution in [2.45, 2.75) is 19.4 Å². The highest BCUT2D eigenvalue weighted by molar-refractivity contribution is 6.33. The maximum absolute atomic E-state index is 10.6. The first-order valence-corrected chi connectivity index (χ1v) is 4.61. The van der Waals surface area contributed by atoms with E-state index in [1.165, 1.54) is 0 Å². The smallest absolute Gasteiger partial charge is 0.219 e. The highest BCUT2D eigenvalue weighted by Crippen LogP contribution is 2.20. The quantitative estimate of drug-likeness (QED) is 0.795. The Hall–Kier alpha value is -1.29. The molecule has 0 bridgehead atoms. The maximum Gasteiger partial charge on any atom is 0.219 e. The second kappa shape index (κ2) is 4.81. The summed E-state index contributed by atoms with van der Waals surface area (Å²) in [6, 6.07) is 1.72. The van der Waals surface area contributed by atoms with Crippen LogP contribution in [-0.2, 0) is 4.79 Å². The van der Waals surface area contributed by atoms with Gasteiger partial charge in [-0.1, -0.05) is 11.6 Å². The molecule has 1 unspecified atom stereocenters. The lowest BCUT2D eigenvalue weighted by Crippen LogP contribution is -2.24. The molecule has 14 heavy (non-hydrogen) atoms. The normalized spacial score (nSPS) is 12.1. The van der Waals surface area contributed by atoms with Gasteiger partial charge in [0, 0.05) is 24.9 Å². The lowest BCUT2D eigenvalue weighted by atomic mass is 10.2. The lowest BCUT2D eigenvalue weighted by Gasteiger charge is -2.13. The number of amides is 1. The van der Waals surface area contributed by atoms with Crippen LogP contribution in [0.2, 0.25) is 5.02 Å². The Morgan fingerprint density at radius 3 is 3.07 bits per heavy atom. The van der Waals surface area contributed by atoms with E-state index >= 15 is 0 Å². The van der Waals surface area contributed by atoms with Gasteiger partial charge in [0.15, 0.2) is 0 Å². The molecule has 0 aromatic carbocycles. The van der Waals surface area contributed by atoms with Gasteiger partial charge in [0.1, 0.15) is 0 Å². The molecule has 0 spiro atoms. The van der Waals surface area contributed by atoms with Crippen LogP contribution in [0.4, 0.5) is 5.69 Å². The van der Waals surface area contributed by atoms with Crippen LogP contribution in [0.25, 0.3) is 0 Å². The second-order valence-corrected chi connectivity index (χ2v) is 3.48. The third kappa shape index (κ3) is 3.22. The topological polar surface area (TPSA) is 68.0 Å². The first-order chi connectivity index (χ1) is 6.59. The molecule has 0 radical (unpaired) electrons. The number of hydrogen-bond donors (Lipinski definition) is 2. The van der Waals surface area contributed by atoms with Crippen molar-refractivity contribution >= 4 is 23.2 Å². The van der Waals surface area contributed by atoms with Gasteiger partial charge < -0.3 is 11.1 Å². The Morgan fingerprint density at radius 2 is 2.50 bits per heavy atom. The van der Waals surface area contributed by atoms with E-state index in [0.29, 0.717) is 5.02 Å². The zero-order valence-electron chi connectivity index (χ0n) is 7.83. The fraction of sp³-hybridized carbons (Fsp3) is 0.333. The van der Waals surface area contributed by atoms with Crippen LogP contribution in [-0.4, -0.2) is 16.9 Å². The van der Waals surface area contributed by atoms with Crippen LogP contribution >= 0.6 is 11.6 Å². The molecule has 5 heteroatoms. The van der Waals surface area contributed by atoms with Gasteiger partial charge in [0.25, 0.3) is 0 Å². The van der Waals surface area contributed by atoms with Gasteiger partial charge in [-0.3, -0.25) is 9.78 Å². The molecule has 3 N–H and O–H groups in total. The fourth-order valence-corrected chi connectivity index (χ4v) is 1.28. The number of carbonyl (C=O) groups is 1. The predicted octanol–water partition coefficient (Wildman–Crippen LogP) is 1.41. The van der Waals surface area contributed by atoms with Crippen LogP contribution in [0, 0.1) is 0 Å². The molecule has 0 fully saturated rings. The number of nitrogens with zero attached hydrogens (tertiary/aromatic N) is 1. The van der Waals surface area contributed by atoms with Crippen LogP contribution in [0.3, 0.4) is 0 Å². The second-order valence-electron chi connectivity index (χ2n) is 3.07. The number of primary amides is 1. The standard InChI is InChI=1S/C9H12ClN3O/c1-6(4-9(11)14)13-8-2-3-12-5-7(8)10/h2-3,5-6H,4H2,1H3,(H2,11,14)(H,12,13). The van der Waals surface area contributed by atoms with Crippen molar-refractivity contribution in [2.75, 3.05) is 5.32 Å². The van der Waals surface area contributed by atoms with Gasteiger partial charge in [-0.15, -0.1) is 0 Å². The van der Waals surface area contributed by atoms with Crippen molar-refractivity contribution in [1.82, 2.24) is 4.98 Å². The Morgan fingerprint density at radius 1 is 1.79 bits per heavy atom. The lowest BCUT2D eigenvalue weighted by molar-refractivity contribution is -0.118. The summed E-state index contributed by atoms with van der Waals surface area (Å²) in [5.41, 5.74) is 5.82. The first kappa shape index (κ1) is 10.8. The number of carbonyl (C=O) groups excluding carboxylic acids is 1. The van der Waals surface area contributed by atoms with Crippen LogP contribution in [0.5, 0.6) is 0 Å². The average Bonchev–Trinajstić information content (AvgIpc) is 2.07.